The highest BCUT2D eigenvalue weighted by Crippen LogP contribution is 2.43. The smallest absolute Gasteiger partial charge is 0.418 e. The first-order valence-corrected chi connectivity index (χ1v) is 6.98. The van der Waals surface area contributed by atoms with Crippen LogP contribution in [0, 0.1) is 0 Å². The zero-order valence-electron chi connectivity index (χ0n) is 12.0. The molecule has 0 aromatic heterocycles. The van der Waals surface area contributed by atoms with E-state index in [1.165, 1.54) is 6.07 Å². The Bertz CT molecular complexity index is 584. The second-order valence-corrected chi connectivity index (χ2v) is 5.06. The maximum Gasteiger partial charge on any atom is 0.418 e. The summed E-state index contributed by atoms with van der Waals surface area (Å²) in [6.45, 7) is 1.93. The summed E-state index contributed by atoms with van der Waals surface area (Å²) in [5.41, 5.74) is -0.641. The van der Waals surface area contributed by atoms with Gasteiger partial charge >= 0.3 is 12.1 Å². The van der Waals surface area contributed by atoms with Crippen molar-refractivity contribution in [3.05, 3.63) is 29.3 Å². The van der Waals surface area contributed by atoms with Gasteiger partial charge in [0.2, 0.25) is 5.91 Å². The van der Waals surface area contributed by atoms with Gasteiger partial charge in [0.25, 0.3) is 0 Å². The molecule has 1 aromatic rings. The summed E-state index contributed by atoms with van der Waals surface area (Å²) in [5.74, 6) is -1.31. The molecule has 1 unspecified atom stereocenters. The lowest BCUT2D eigenvalue weighted by molar-refractivity contribution is -0.143. The van der Waals surface area contributed by atoms with E-state index in [0.29, 0.717) is 5.56 Å². The molecule has 0 bridgehead atoms. The lowest BCUT2D eigenvalue weighted by Crippen LogP contribution is -2.26. The molecule has 1 N–H and O–H groups in total. The van der Waals surface area contributed by atoms with E-state index in [0.717, 1.165) is 6.07 Å². The zero-order chi connectivity index (χ0) is 16.3. The zero-order valence-corrected chi connectivity index (χ0v) is 12.0. The predicted octanol–water partition coefficient (Wildman–Crippen LogP) is 3.47. The Morgan fingerprint density at radius 2 is 2.14 bits per heavy atom. The van der Waals surface area contributed by atoms with Crippen LogP contribution in [0.1, 0.15) is 43.2 Å². The Balaban J connectivity index is 2.27. The van der Waals surface area contributed by atoms with Crippen molar-refractivity contribution in [1.82, 2.24) is 0 Å². The number of benzene rings is 1. The summed E-state index contributed by atoms with van der Waals surface area (Å²) in [4.78, 5) is 23.1. The molecule has 7 heteroatoms. The van der Waals surface area contributed by atoms with Crippen LogP contribution in [0.25, 0.3) is 0 Å². The fourth-order valence-electron chi connectivity index (χ4n) is 2.59. The second-order valence-electron chi connectivity index (χ2n) is 5.06. The van der Waals surface area contributed by atoms with Gasteiger partial charge in [0.1, 0.15) is 0 Å². The van der Waals surface area contributed by atoms with E-state index in [-0.39, 0.29) is 31.6 Å². The largest absolute Gasteiger partial charge is 0.466 e. The van der Waals surface area contributed by atoms with Crippen LogP contribution in [-0.4, -0.2) is 18.5 Å². The minimum Gasteiger partial charge on any atom is -0.466 e. The van der Waals surface area contributed by atoms with Gasteiger partial charge in [-0.15, -0.1) is 0 Å². The van der Waals surface area contributed by atoms with E-state index in [1.54, 1.807) is 13.0 Å². The van der Waals surface area contributed by atoms with Crippen molar-refractivity contribution in [2.75, 3.05) is 11.9 Å². The molecule has 0 saturated heterocycles. The van der Waals surface area contributed by atoms with Gasteiger partial charge in [0.15, 0.2) is 0 Å². The van der Waals surface area contributed by atoms with Crippen molar-refractivity contribution in [2.45, 2.75) is 38.3 Å². The van der Waals surface area contributed by atoms with Crippen molar-refractivity contribution in [3.63, 3.8) is 0 Å². The third kappa shape index (κ3) is 3.58. The molecular formula is C15H16F3NO3. The maximum atomic E-state index is 13.0. The van der Waals surface area contributed by atoms with E-state index in [4.69, 9.17) is 4.74 Å². The molecule has 1 amide bonds. The first-order chi connectivity index (χ1) is 10.3. The van der Waals surface area contributed by atoms with Crippen LogP contribution in [0.3, 0.4) is 0 Å². The van der Waals surface area contributed by atoms with E-state index >= 15 is 0 Å². The minimum absolute atomic E-state index is 0.0632. The fourth-order valence-corrected chi connectivity index (χ4v) is 2.59. The monoisotopic (exact) mass is 315 g/mol. The van der Waals surface area contributed by atoms with Crippen LogP contribution in [0.4, 0.5) is 18.9 Å². The highest BCUT2D eigenvalue weighted by atomic mass is 19.4. The molecule has 1 aliphatic heterocycles. The van der Waals surface area contributed by atoms with Gasteiger partial charge < -0.3 is 10.1 Å². The Morgan fingerprint density at radius 3 is 2.77 bits per heavy atom. The molecule has 120 valence electrons. The highest BCUT2D eigenvalue weighted by Gasteiger charge is 2.37. The van der Waals surface area contributed by atoms with Crippen molar-refractivity contribution in [1.29, 1.82) is 0 Å². The van der Waals surface area contributed by atoms with Crippen molar-refractivity contribution in [2.24, 2.45) is 0 Å². The molecular weight excluding hydrogens is 299 g/mol. The number of fused-ring (bicyclic) bond motifs is 1. The Hall–Kier alpha value is -2.05. The van der Waals surface area contributed by atoms with Gasteiger partial charge in [-0.1, -0.05) is 12.1 Å². The second kappa shape index (κ2) is 6.37. The number of anilines is 1. The molecule has 1 heterocycles. The number of amides is 1. The molecule has 0 spiro atoms. The summed E-state index contributed by atoms with van der Waals surface area (Å²) in [6.07, 6.45) is -4.13. The molecule has 0 radical (unpaired) electrons. The number of halogens is 3. The number of rotatable bonds is 4. The van der Waals surface area contributed by atoms with Gasteiger partial charge in [0.05, 0.1) is 17.9 Å². The molecule has 2 rings (SSSR count). The van der Waals surface area contributed by atoms with Crippen LogP contribution in [0.2, 0.25) is 0 Å². The summed E-state index contributed by atoms with van der Waals surface area (Å²) >= 11 is 0. The molecule has 4 nitrogen and oxygen atoms in total. The van der Waals surface area contributed by atoms with Crippen LogP contribution in [0.15, 0.2) is 18.2 Å². The maximum absolute atomic E-state index is 13.0. The van der Waals surface area contributed by atoms with Crippen LogP contribution < -0.4 is 5.32 Å². The van der Waals surface area contributed by atoms with E-state index in [9.17, 15) is 22.8 Å². The van der Waals surface area contributed by atoms with E-state index in [1.807, 2.05) is 0 Å². The molecule has 0 saturated carbocycles. The Morgan fingerprint density at radius 1 is 1.41 bits per heavy atom. The lowest BCUT2D eigenvalue weighted by Gasteiger charge is -2.27. The molecule has 0 aliphatic carbocycles. The number of ether oxygens (including phenoxy) is 1. The minimum atomic E-state index is -4.54. The fraction of sp³-hybridized carbons (Fsp3) is 0.467. The summed E-state index contributed by atoms with van der Waals surface area (Å²) in [7, 11) is 0. The third-order valence-corrected chi connectivity index (χ3v) is 3.54. The number of para-hydroxylation sites is 1. The average Bonchev–Trinajstić information content (AvgIpc) is 2.43. The molecule has 22 heavy (non-hydrogen) atoms. The van der Waals surface area contributed by atoms with Crippen LogP contribution >= 0.6 is 0 Å². The number of esters is 1. The predicted molar refractivity (Wildman–Crippen MR) is 73.3 cm³/mol. The topological polar surface area (TPSA) is 55.4 Å². The van der Waals surface area contributed by atoms with Gasteiger partial charge in [-0.3, -0.25) is 9.59 Å². The Labute approximate surface area is 125 Å². The molecule has 1 aliphatic rings. The number of hydrogen-bond acceptors (Lipinski definition) is 3. The number of carbonyl (C=O) groups excluding carboxylic acids is 2. The van der Waals surface area contributed by atoms with Crippen molar-refractivity contribution in [3.8, 4) is 0 Å². The van der Waals surface area contributed by atoms with Gasteiger partial charge in [0, 0.05) is 12.8 Å². The first-order valence-electron chi connectivity index (χ1n) is 6.98. The summed E-state index contributed by atoms with van der Waals surface area (Å²) in [6, 6.07) is 3.81. The molecule has 0 fully saturated rings. The highest BCUT2D eigenvalue weighted by molar-refractivity contribution is 5.95. The number of hydrogen-bond donors (Lipinski definition) is 1. The summed E-state index contributed by atoms with van der Waals surface area (Å²) < 4.78 is 43.9. The van der Waals surface area contributed by atoms with Crippen LogP contribution in [0.5, 0.6) is 0 Å². The number of alkyl halides is 3. The van der Waals surface area contributed by atoms with Gasteiger partial charge in [-0.05, 0) is 30.9 Å². The normalized spacial score (nSPS) is 17.6. The van der Waals surface area contributed by atoms with Gasteiger partial charge in [-0.25, -0.2) is 0 Å². The average molecular weight is 315 g/mol. The van der Waals surface area contributed by atoms with E-state index in [2.05, 4.69) is 5.32 Å². The SMILES string of the molecule is CCOC(=O)CCC1CC(=O)Nc2c1cccc2C(F)(F)F. The van der Waals surface area contributed by atoms with Crippen molar-refractivity contribution < 1.29 is 27.5 Å². The van der Waals surface area contributed by atoms with Crippen molar-refractivity contribution >= 4 is 17.6 Å². The first kappa shape index (κ1) is 16.3. The Kier molecular flexibility index (Phi) is 4.73. The number of carbonyl (C=O) groups is 2. The summed E-state index contributed by atoms with van der Waals surface area (Å²) in [5, 5.41) is 2.30. The van der Waals surface area contributed by atoms with Gasteiger partial charge in [-0.2, -0.15) is 13.2 Å². The molecule has 1 atom stereocenters. The molecule has 1 aromatic carbocycles. The van der Waals surface area contributed by atoms with Crippen LogP contribution in [-0.2, 0) is 20.5 Å². The third-order valence-electron chi connectivity index (χ3n) is 3.54. The lowest BCUT2D eigenvalue weighted by atomic mass is 9.85. The van der Waals surface area contributed by atoms with E-state index < -0.39 is 29.5 Å². The number of nitrogens with one attached hydrogen (secondary N) is 1. The quantitative estimate of drug-likeness (QED) is 0.866. The standard InChI is InChI=1S/C15H16F3NO3/c1-2-22-13(21)7-6-9-8-12(20)19-14-10(9)4-3-5-11(14)15(16,17)18/h3-5,9H,2,6-8H2,1H3,(H,19,20).